The minimum atomic E-state index is -0.392. The standard InChI is InChI=1S/C12H11Ge.C6H15Si/c1-3-7-11(8-4-1)13-12-9-5-2-6-10-12;1-4-7(5-2)6-3/h1-10,13H;4-6H2,1-3H3. The van der Waals surface area contributed by atoms with E-state index in [2.05, 4.69) is 81.4 Å². The Bertz CT molecular complexity index is 394. The molecule has 0 aliphatic heterocycles. The third kappa shape index (κ3) is 7.11. The Labute approximate surface area is 132 Å². The molecule has 0 bridgehead atoms. The first kappa shape index (κ1) is 17.3. The molecule has 2 radical (unpaired) electrons. The second kappa shape index (κ2) is 10.9. The molecule has 20 heavy (non-hydrogen) atoms. The molecule has 0 fully saturated rings. The molecule has 2 aromatic carbocycles. The summed E-state index contributed by atoms with van der Waals surface area (Å²) in [7, 11) is 0.137. The van der Waals surface area contributed by atoms with Gasteiger partial charge in [-0.25, -0.2) is 0 Å². The zero-order chi connectivity index (χ0) is 14.6. The Hall–Kier alpha value is -0.800. The van der Waals surface area contributed by atoms with Crippen LogP contribution >= 0.6 is 0 Å². The van der Waals surface area contributed by atoms with Crippen LogP contribution in [0.5, 0.6) is 0 Å². The predicted molar refractivity (Wildman–Crippen MR) is 96.5 cm³/mol. The molecule has 0 nitrogen and oxygen atoms in total. The molecule has 0 atom stereocenters. The van der Waals surface area contributed by atoms with Crippen molar-refractivity contribution >= 4 is 33.0 Å². The van der Waals surface area contributed by atoms with E-state index in [0.29, 0.717) is 0 Å². The van der Waals surface area contributed by atoms with E-state index in [9.17, 15) is 0 Å². The summed E-state index contributed by atoms with van der Waals surface area (Å²) in [5.41, 5.74) is 0. The van der Waals surface area contributed by atoms with E-state index in [0.717, 1.165) is 0 Å². The van der Waals surface area contributed by atoms with E-state index < -0.39 is 15.4 Å². The van der Waals surface area contributed by atoms with Gasteiger partial charge in [0.15, 0.2) is 0 Å². The van der Waals surface area contributed by atoms with E-state index in [1.807, 2.05) is 0 Å². The van der Waals surface area contributed by atoms with E-state index in [1.165, 1.54) is 26.9 Å². The van der Waals surface area contributed by atoms with Crippen LogP contribution in [-0.2, 0) is 0 Å². The molecule has 0 unspecified atom stereocenters. The molecule has 106 valence electrons. The Morgan fingerprint density at radius 1 is 0.650 bits per heavy atom. The van der Waals surface area contributed by atoms with Crippen LogP contribution in [0.4, 0.5) is 0 Å². The molecule has 0 N–H and O–H groups in total. The average Bonchev–Trinajstić information content (AvgIpc) is 2.52. The van der Waals surface area contributed by atoms with E-state index >= 15 is 0 Å². The Morgan fingerprint density at radius 2 is 1.00 bits per heavy atom. The fourth-order valence-electron chi connectivity index (χ4n) is 2.04. The molecular formula is C18H26GeSi. The number of hydrogen-bond donors (Lipinski definition) is 0. The summed E-state index contributed by atoms with van der Waals surface area (Å²) < 4.78 is 3.05. The minimum absolute atomic E-state index is 0.137. The van der Waals surface area contributed by atoms with Crippen LogP contribution in [0.25, 0.3) is 0 Å². The van der Waals surface area contributed by atoms with Gasteiger partial charge in [0.2, 0.25) is 0 Å². The van der Waals surface area contributed by atoms with Crippen molar-refractivity contribution in [2.75, 3.05) is 0 Å². The fourth-order valence-corrected chi connectivity index (χ4v) is 6.09. The summed E-state index contributed by atoms with van der Waals surface area (Å²) in [4.78, 5) is 0. The molecule has 0 aromatic heterocycles. The molecule has 0 aliphatic carbocycles. The monoisotopic (exact) mass is 344 g/mol. The first-order chi connectivity index (χ1) is 9.80. The van der Waals surface area contributed by atoms with Gasteiger partial charge >= 0.3 is 84.9 Å². The maximum absolute atomic E-state index is 2.31. The van der Waals surface area contributed by atoms with Crippen molar-refractivity contribution in [3.63, 3.8) is 0 Å². The molecule has 2 heteroatoms. The molecule has 0 saturated heterocycles. The topological polar surface area (TPSA) is 0 Å². The second-order valence-electron chi connectivity index (χ2n) is 4.78. The normalized spacial score (nSPS) is 10.0. The number of benzene rings is 2. The molecule has 2 aromatic rings. The molecule has 0 spiro atoms. The quantitative estimate of drug-likeness (QED) is 0.728. The zero-order valence-corrected chi connectivity index (χ0v) is 16.4. The van der Waals surface area contributed by atoms with Crippen molar-refractivity contribution in [3.8, 4) is 0 Å². The van der Waals surface area contributed by atoms with Crippen molar-refractivity contribution < 1.29 is 0 Å². The Kier molecular flexibility index (Phi) is 9.42. The van der Waals surface area contributed by atoms with Gasteiger partial charge in [-0.3, -0.25) is 0 Å². The summed E-state index contributed by atoms with van der Waals surface area (Å²) in [5.74, 6) is 0. The van der Waals surface area contributed by atoms with Crippen LogP contribution < -0.4 is 8.79 Å². The molecule has 2 rings (SSSR count). The summed E-state index contributed by atoms with van der Waals surface area (Å²) >= 11 is -0.392. The summed E-state index contributed by atoms with van der Waals surface area (Å²) in [6.07, 6.45) is 0. The van der Waals surface area contributed by atoms with Crippen molar-refractivity contribution in [1.82, 2.24) is 0 Å². The van der Waals surface area contributed by atoms with Crippen LogP contribution in [0.2, 0.25) is 18.1 Å². The van der Waals surface area contributed by atoms with Crippen LogP contribution in [0.1, 0.15) is 20.8 Å². The Morgan fingerprint density at radius 3 is 1.25 bits per heavy atom. The van der Waals surface area contributed by atoms with Gasteiger partial charge in [0.1, 0.15) is 0 Å². The third-order valence-electron chi connectivity index (χ3n) is 3.43. The van der Waals surface area contributed by atoms with Crippen molar-refractivity contribution in [2.24, 2.45) is 0 Å². The van der Waals surface area contributed by atoms with Crippen molar-refractivity contribution in [1.29, 1.82) is 0 Å². The van der Waals surface area contributed by atoms with Gasteiger partial charge in [0, 0.05) is 8.80 Å². The van der Waals surface area contributed by atoms with Gasteiger partial charge in [-0.1, -0.05) is 38.9 Å². The number of rotatable bonds is 5. The summed E-state index contributed by atoms with van der Waals surface area (Å²) in [5, 5.41) is 0. The fraction of sp³-hybridized carbons (Fsp3) is 0.333. The molecule has 0 heterocycles. The zero-order valence-electron chi connectivity index (χ0n) is 13.0. The summed E-state index contributed by atoms with van der Waals surface area (Å²) in [6, 6.07) is 25.9. The third-order valence-corrected chi connectivity index (χ3v) is 9.45. The van der Waals surface area contributed by atoms with Crippen LogP contribution in [-0.4, -0.2) is 24.2 Å². The number of hydrogen-bond acceptors (Lipinski definition) is 0. The van der Waals surface area contributed by atoms with Gasteiger partial charge < -0.3 is 0 Å². The SMILES string of the molecule is CC[Si](CC)CC.c1cc[c]([GeH][c]2ccccc2)cc1. The predicted octanol–water partition coefficient (Wildman–Crippen LogP) is 3.61. The van der Waals surface area contributed by atoms with E-state index in [4.69, 9.17) is 0 Å². The molecule has 0 aliphatic rings. The van der Waals surface area contributed by atoms with E-state index in [1.54, 1.807) is 0 Å². The van der Waals surface area contributed by atoms with Gasteiger partial charge in [-0.15, -0.1) is 0 Å². The first-order valence-corrected chi connectivity index (χ1v) is 12.1. The molecule has 0 amide bonds. The maximum atomic E-state index is 2.31. The average molecular weight is 343 g/mol. The molecule has 0 saturated carbocycles. The van der Waals surface area contributed by atoms with Gasteiger partial charge in [0.25, 0.3) is 0 Å². The van der Waals surface area contributed by atoms with Gasteiger partial charge in [-0.05, 0) is 0 Å². The first-order valence-electron chi connectivity index (χ1n) is 7.58. The van der Waals surface area contributed by atoms with Gasteiger partial charge in [-0.2, -0.15) is 0 Å². The van der Waals surface area contributed by atoms with Crippen LogP contribution in [0.15, 0.2) is 60.7 Å². The second-order valence-corrected chi connectivity index (χ2v) is 11.8. The van der Waals surface area contributed by atoms with Gasteiger partial charge in [0.05, 0.1) is 0 Å². The molecular weight excluding hydrogens is 317 g/mol. The van der Waals surface area contributed by atoms with Crippen LogP contribution in [0.3, 0.4) is 0 Å². The van der Waals surface area contributed by atoms with E-state index in [-0.39, 0.29) is 8.80 Å². The Balaban J connectivity index is 0.000000246. The summed E-state index contributed by atoms with van der Waals surface area (Å²) in [6.45, 7) is 6.92. The van der Waals surface area contributed by atoms with Crippen molar-refractivity contribution in [3.05, 3.63) is 60.7 Å². The van der Waals surface area contributed by atoms with Crippen molar-refractivity contribution in [2.45, 2.75) is 38.9 Å². The van der Waals surface area contributed by atoms with Crippen LogP contribution in [0, 0.1) is 0 Å².